The zero-order chi connectivity index (χ0) is 28.8. The summed E-state index contributed by atoms with van der Waals surface area (Å²) in [7, 11) is -3.81. The number of nitrogens with zero attached hydrogens (tertiary/aromatic N) is 4. The first-order chi connectivity index (χ1) is 19.6. The Bertz CT molecular complexity index is 1770. The fourth-order valence-corrected chi connectivity index (χ4v) is 5.93. The average Bonchev–Trinajstić information content (AvgIpc) is 3.53. The van der Waals surface area contributed by atoms with E-state index >= 15 is 0 Å². The van der Waals surface area contributed by atoms with Crippen LogP contribution in [0.1, 0.15) is 44.7 Å². The lowest BCUT2D eigenvalue weighted by molar-refractivity contribution is 0.0646. The minimum absolute atomic E-state index is 0.0516. The van der Waals surface area contributed by atoms with Gasteiger partial charge in [-0.15, -0.1) is 0 Å². The number of carbonyl (C=O) groups excluding carboxylic acids is 2. The predicted molar refractivity (Wildman–Crippen MR) is 148 cm³/mol. The van der Waals surface area contributed by atoms with Gasteiger partial charge in [0.1, 0.15) is 28.5 Å². The number of amides is 2. The van der Waals surface area contributed by atoms with E-state index < -0.39 is 15.9 Å². The molecule has 1 fully saturated rings. The number of likely N-dealkylation sites (tertiary alicyclic amines) is 1. The second-order valence-corrected chi connectivity index (χ2v) is 12.1. The number of ether oxygens (including phenoxy) is 1. The molecule has 0 bridgehead atoms. The first-order valence-corrected chi connectivity index (χ1v) is 14.9. The van der Waals surface area contributed by atoms with Gasteiger partial charge in [-0.2, -0.15) is 9.61 Å². The maximum Gasteiger partial charge on any atom is 0.270 e. The number of nitrogens with one attached hydrogen (secondary N) is 2. The van der Waals surface area contributed by atoms with E-state index in [0.29, 0.717) is 50.7 Å². The smallest absolute Gasteiger partial charge is 0.270 e. The van der Waals surface area contributed by atoms with E-state index in [1.807, 2.05) is 35.1 Å². The fraction of sp³-hybridized carbons (Fsp3) is 0.286. The van der Waals surface area contributed by atoms with E-state index in [4.69, 9.17) is 4.74 Å². The average molecular weight is 579 g/mol. The molecule has 2 N–H and O–H groups in total. The highest BCUT2D eigenvalue weighted by atomic mass is 32.2. The molecule has 2 amide bonds. The molecule has 2 aromatic carbocycles. The number of sulfonamides is 1. The molecular formula is C28H27FN6O5S. The van der Waals surface area contributed by atoms with Crippen molar-refractivity contribution in [3.05, 3.63) is 89.0 Å². The zero-order valence-electron chi connectivity index (χ0n) is 22.1. The number of benzene rings is 2. The van der Waals surface area contributed by atoms with Gasteiger partial charge in [-0.3, -0.25) is 9.59 Å². The van der Waals surface area contributed by atoms with Crippen LogP contribution >= 0.6 is 0 Å². The van der Waals surface area contributed by atoms with Gasteiger partial charge in [0.15, 0.2) is 5.65 Å². The third kappa shape index (κ3) is 5.08. The molecule has 0 saturated carbocycles. The summed E-state index contributed by atoms with van der Waals surface area (Å²) in [5, 5.41) is 7.54. The number of anilines is 1. The zero-order valence-corrected chi connectivity index (χ0v) is 22.9. The Labute approximate surface area is 235 Å². The van der Waals surface area contributed by atoms with Crippen LogP contribution in [0, 0.1) is 5.82 Å². The van der Waals surface area contributed by atoms with Crippen molar-refractivity contribution in [3.63, 3.8) is 0 Å². The fourth-order valence-electron chi connectivity index (χ4n) is 5.48. The first kappa shape index (κ1) is 26.7. The van der Waals surface area contributed by atoms with Crippen molar-refractivity contribution in [2.45, 2.75) is 24.8 Å². The molecule has 1 spiro atoms. The van der Waals surface area contributed by atoms with Crippen LogP contribution in [0.4, 0.5) is 10.2 Å². The molecule has 0 unspecified atom stereocenters. The molecule has 0 radical (unpaired) electrons. The SMILES string of the molecule is CS(=O)(=O)NC(=O)c1cnn2c(NCc3ccccc3)c(C(=O)N3CCC4(CC3)COc3ccc(F)cc34)cnc12. The van der Waals surface area contributed by atoms with E-state index in [-0.39, 0.29) is 33.9 Å². The van der Waals surface area contributed by atoms with Crippen molar-refractivity contribution in [1.29, 1.82) is 0 Å². The molecule has 4 heterocycles. The van der Waals surface area contributed by atoms with E-state index in [9.17, 15) is 22.4 Å². The van der Waals surface area contributed by atoms with E-state index in [0.717, 1.165) is 17.4 Å². The van der Waals surface area contributed by atoms with E-state index in [1.165, 1.54) is 29.0 Å². The van der Waals surface area contributed by atoms with Gasteiger partial charge in [-0.1, -0.05) is 30.3 Å². The Hall–Kier alpha value is -4.52. The maximum absolute atomic E-state index is 14.0. The van der Waals surface area contributed by atoms with Crippen molar-refractivity contribution in [2.75, 3.05) is 31.3 Å². The van der Waals surface area contributed by atoms with Crippen LogP contribution in [-0.2, 0) is 22.0 Å². The number of hydrogen-bond donors (Lipinski definition) is 2. The Morgan fingerprint density at radius 2 is 1.83 bits per heavy atom. The number of piperidine rings is 1. The molecule has 13 heteroatoms. The molecule has 2 aliphatic rings. The summed E-state index contributed by atoms with van der Waals surface area (Å²) in [4.78, 5) is 32.5. The summed E-state index contributed by atoms with van der Waals surface area (Å²) in [5.74, 6) is -0.466. The molecule has 6 rings (SSSR count). The van der Waals surface area contributed by atoms with Gasteiger partial charge < -0.3 is 15.0 Å². The highest BCUT2D eigenvalue weighted by Gasteiger charge is 2.44. The molecule has 2 aromatic heterocycles. The van der Waals surface area contributed by atoms with Crippen molar-refractivity contribution in [2.24, 2.45) is 0 Å². The van der Waals surface area contributed by atoms with Crippen LogP contribution in [-0.4, -0.2) is 65.7 Å². The van der Waals surface area contributed by atoms with Crippen LogP contribution in [0.15, 0.2) is 60.9 Å². The lowest BCUT2D eigenvalue weighted by Gasteiger charge is -2.38. The Balaban J connectivity index is 1.30. The predicted octanol–water partition coefficient (Wildman–Crippen LogP) is 2.74. The number of aromatic nitrogens is 3. The van der Waals surface area contributed by atoms with Crippen LogP contribution in [0.25, 0.3) is 5.65 Å². The van der Waals surface area contributed by atoms with Gasteiger partial charge in [-0.05, 0) is 36.6 Å². The summed E-state index contributed by atoms with van der Waals surface area (Å²) < 4.78 is 46.4. The third-order valence-electron chi connectivity index (χ3n) is 7.61. The molecule has 1 saturated heterocycles. The van der Waals surface area contributed by atoms with E-state index in [2.05, 4.69) is 15.4 Å². The summed E-state index contributed by atoms with van der Waals surface area (Å²) in [5.41, 5.74) is 1.73. The summed E-state index contributed by atoms with van der Waals surface area (Å²) >= 11 is 0. The lowest BCUT2D eigenvalue weighted by Crippen LogP contribution is -2.46. The van der Waals surface area contributed by atoms with Gasteiger partial charge in [0.05, 0.1) is 19.1 Å². The Morgan fingerprint density at radius 1 is 1.07 bits per heavy atom. The number of carbonyl (C=O) groups is 2. The third-order valence-corrected chi connectivity index (χ3v) is 8.16. The van der Waals surface area contributed by atoms with Gasteiger partial charge in [0.25, 0.3) is 11.8 Å². The molecule has 4 aromatic rings. The molecule has 41 heavy (non-hydrogen) atoms. The second kappa shape index (κ2) is 10.1. The Morgan fingerprint density at radius 3 is 2.56 bits per heavy atom. The minimum atomic E-state index is -3.81. The molecule has 2 aliphatic heterocycles. The maximum atomic E-state index is 14.0. The summed E-state index contributed by atoms with van der Waals surface area (Å²) in [6.45, 7) is 1.65. The summed E-state index contributed by atoms with van der Waals surface area (Å²) in [6.07, 6.45) is 4.68. The summed E-state index contributed by atoms with van der Waals surface area (Å²) in [6, 6.07) is 14.1. The van der Waals surface area contributed by atoms with Gasteiger partial charge in [0, 0.05) is 36.8 Å². The second-order valence-electron chi connectivity index (χ2n) is 10.4. The number of rotatable bonds is 6. The van der Waals surface area contributed by atoms with Crippen molar-refractivity contribution >= 4 is 33.3 Å². The van der Waals surface area contributed by atoms with Crippen LogP contribution < -0.4 is 14.8 Å². The van der Waals surface area contributed by atoms with Crippen LogP contribution in [0.2, 0.25) is 0 Å². The number of hydrogen-bond acceptors (Lipinski definition) is 8. The number of halogens is 1. The molecule has 11 nitrogen and oxygen atoms in total. The van der Waals surface area contributed by atoms with E-state index in [1.54, 1.807) is 11.0 Å². The monoisotopic (exact) mass is 578 g/mol. The van der Waals surface area contributed by atoms with Crippen molar-refractivity contribution in [3.8, 4) is 5.75 Å². The highest BCUT2D eigenvalue weighted by molar-refractivity contribution is 7.89. The van der Waals surface area contributed by atoms with Gasteiger partial charge >= 0.3 is 0 Å². The molecule has 0 atom stereocenters. The minimum Gasteiger partial charge on any atom is -0.492 e. The van der Waals surface area contributed by atoms with Crippen molar-refractivity contribution < 1.29 is 27.1 Å². The highest BCUT2D eigenvalue weighted by Crippen LogP contribution is 2.46. The number of fused-ring (bicyclic) bond motifs is 3. The lowest BCUT2D eigenvalue weighted by atomic mass is 9.74. The molecule has 212 valence electrons. The Kier molecular flexibility index (Phi) is 6.60. The first-order valence-electron chi connectivity index (χ1n) is 13.0. The molecular weight excluding hydrogens is 551 g/mol. The van der Waals surface area contributed by atoms with Crippen molar-refractivity contribution in [1.82, 2.24) is 24.2 Å². The van der Waals surface area contributed by atoms with Gasteiger partial charge in [0.2, 0.25) is 10.0 Å². The topological polar surface area (TPSA) is 135 Å². The standard InChI is InChI=1S/C28H27FN6O5S/c1-41(38,39)33-26(36)20-16-32-35-24(20)31-15-21(25(35)30-14-18-5-3-2-4-6-18)27(37)34-11-9-28(10-12-34)17-40-23-8-7-19(29)13-22(23)28/h2-8,13,15-16,30H,9-12,14,17H2,1H3,(H,33,36). The quantitative estimate of drug-likeness (QED) is 0.357. The molecule has 0 aliphatic carbocycles. The normalized spacial score (nSPS) is 15.9. The largest absolute Gasteiger partial charge is 0.492 e. The van der Waals surface area contributed by atoms with Crippen LogP contribution in [0.5, 0.6) is 5.75 Å². The van der Waals surface area contributed by atoms with Gasteiger partial charge in [-0.25, -0.2) is 22.5 Å². The van der Waals surface area contributed by atoms with Crippen LogP contribution in [0.3, 0.4) is 0 Å².